The maximum absolute atomic E-state index is 13.3. The fraction of sp³-hybridized carbons (Fsp3) is 0.484. The predicted octanol–water partition coefficient (Wildman–Crippen LogP) is 5.99. The van der Waals surface area contributed by atoms with Crippen LogP contribution in [0.15, 0.2) is 30.6 Å². The van der Waals surface area contributed by atoms with Gasteiger partial charge in [0, 0.05) is 42.2 Å². The zero-order chi connectivity index (χ0) is 27.2. The maximum Gasteiger partial charge on any atom is 0.255 e. The Labute approximate surface area is 224 Å². The second-order valence-corrected chi connectivity index (χ2v) is 11.8. The van der Waals surface area contributed by atoms with E-state index in [1.165, 1.54) is 5.56 Å². The first-order chi connectivity index (χ1) is 18.1. The molecule has 1 unspecified atom stereocenters. The molecule has 7 heteroatoms. The van der Waals surface area contributed by atoms with Crippen LogP contribution in [0.25, 0.3) is 11.0 Å². The number of amides is 2. The van der Waals surface area contributed by atoms with Gasteiger partial charge in [0.15, 0.2) is 0 Å². The number of benzene rings is 1. The number of rotatable bonds is 4. The van der Waals surface area contributed by atoms with Gasteiger partial charge in [0.2, 0.25) is 5.91 Å². The van der Waals surface area contributed by atoms with Crippen LogP contribution in [0.4, 0.5) is 5.69 Å². The SMILES string of the molecule is Cc1ccc(C(=O)Nc2cnc3c(c(C4CCN(C(=O)C5CCCC5)C(C)(C)C4)cn3C)c2C)cc1C#N. The van der Waals surface area contributed by atoms with E-state index in [0.29, 0.717) is 28.6 Å². The number of piperidine rings is 1. The molecule has 3 heterocycles. The molecule has 2 aromatic heterocycles. The molecule has 198 valence electrons. The molecule has 1 saturated carbocycles. The molecule has 1 saturated heterocycles. The summed E-state index contributed by atoms with van der Waals surface area (Å²) < 4.78 is 2.06. The molecular formula is C31H37N5O2. The van der Waals surface area contributed by atoms with E-state index < -0.39 is 0 Å². The highest BCUT2D eigenvalue weighted by molar-refractivity contribution is 6.06. The van der Waals surface area contributed by atoms with E-state index in [-0.39, 0.29) is 17.4 Å². The van der Waals surface area contributed by atoms with Crippen molar-refractivity contribution in [2.45, 2.75) is 77.7 Å². The number of carbonyl (C=O) groups is 2. The summed E-state index contributed by atoms with van der Waals surface area (Å²) in [6.07, 6.45) is 10.1. The Hall–Kier alpha value is -3.66. The van der Waals surface area contributed by atoms with E-state index in [0.717, 1.165) is 67.2 Å². The third-order valence-corrected chi connectivity index (χ3v) is 8.73. The number of nitrogens with zero attached hydrogens (tertiary/aromatic N) is 4. The van der Waals surface area contributed by atoms with Gasteiger partial charge < -0.3 is 14.8 Å². The third-order valence-electron chi connectivity index (χ3n) is 8.73. The largest absolute Gasteiger partial charge is 0.337 e. The average molecular weight is 512 g/mol. The van der Waals surface area contributed by atoms with Crippen LogP contribution in [0.1, 0.15) is 90.9 Å². The van der Waals surface area contributed by atoms with Crippen LogP contribution in [0.5, 0.6) is 0 Å². The minimum absolute atomic E-state index is 0.193. The number of nitriles is 1. The van der Waals surface area contributed by atoms with Crippen molar-refractivity contribution in [2.75, 3.05) is 11.9 Å². The molecule has 0 spiro atoms. The normalized spacial score (nSPS) is 19.5. The van der Waals surface area contributed by atoms with E-state index >= 15 is 0 Å². The van der Waals surface area contributed by atoms with Crippen molar-refractivity contribution in [1.29, 1.82) is 5.26 Å². The van der Waals surface area contributed by atoms with E-state index in [2.05, 4.69) is 40.9 Å². The molecule has 1 aromatic carbocycles. The smallest absolute Gasteiger partial charge is 0.255 e. The molecule has 2 aliphatic rings. The summed E-state index contributed by atoms with van der Waals surface area (Å²) in [5.41, 5.74) is 5.33. The van der Waals surface area contributed by atoms with Crippen LogP contribution in [-0.2, 0) is 11.8 Å². The maximum atomic E-state index is 13.3. The number of hydrogen-bond acceptors (Lipinski definition) is 4. The minimum Gasteiger partial charge on any atom is -0.337 e. The lowest BCUT2D eigenvalue weighted by atomic mass is 9.78. The topological polar surface area (TPSA) is 91.0 Å². The Balaban J connectivity index is 1.43. The van der Waals surface area contributed by atoms with Crippen LogP contribution in [0.2, 0.25) is 0 Å². The first kappa shape index (κ1) is 26.0. The zero-order valence-corrected chi connectivity index (χ0v) is 23.1. The predicted molar refractivity (Wildman–Crippen MR) is 149 cm³/mol. The molecule has 1 atom stereocenters. The molecule has 1 N–H and O–H groups in total. The summed E-state index contributed by atoms with van der Waals surface area (Å²) in [5.74, 6) is 0.562. The van der Waals surface area contributed by atoms with Crippen LogP contribution in [-0.4, -0.2) is 38.3 Å². The number of aromatic nitrogens is 2. The van der Waals surface area contributed by atoms with Crippen molar-refractivity contribution in [3.63, 3.8) is 0 Å². The molecule has 0 radical (unpaired) electrons. The molecule has 2 amide bonds. The summed E-state index contributed by atoms with van der Waals surface area (Å²) in [7, 11) is 2.01. The van der Waals surface area contributed by atoms with Gasteiger partial charge in [-0.2, -0.15) is 5.26 Å². The Kier molecular flexibility index (Phi) is 6.77. The summed E-state index contributed by atoms with van der Waals surface area (Å²) in [6.45, 7) is 9.05. The summed E-state index contributed by atoms with van der Waals surface area (Å²) in [4.78, 5) is 33.2. The lowest BCUT2D eigenvalue weighted by molar-refractivity contribution is -0.143. The summed E-state index contributed by atoms with van der Waals surface area (Å²) >= 11 is 0. The van der Waals surface area contributed by atoms with E-state index in [9.17, 15) is 14.9 Å². The lowest BCUT2D eigenvalue weighted by Gasteiger charge is -2.46. The van der Waals surface area contributed by atoms with Crippen LogP contribution in [0, 0.1) is 31.1 Å². The summed E-state index contributed by atoms with van der Waals surface area (Å²) in [6, 6.07) is 7.31. The van der Waals surface area contributed by atoms with Crippen molar-refractivity contribution in [2.24, 2.45) is 13.0 Å². The van der Waals surface area contributed by atoms with Gasteiger partial charge in [-0.05, 0) is 88.1 Å². The number of nitrogens with one attached hydrogen (secondary N) is 1. The number of carbonyl (C=O) groups excluding carboxylic acids is 2. The highest BCUT2D eigenvalue weighted by atomic mass is 16.2. The molecular weight excluding hydrogens is 474 g/mol. The number of likely N-dealkylation sites (tertiary alicyclic amines) is 1. The molecule has 3 aromatic rings. The Morgan fingerprint density at radius 1 is 1.16 bits per heavy atom. The first-order valence-corrected chi connectivity index (χ1v) is 13.7. The standard InChI is InChI=1S/C31H37N5O2/c1-19-10-11-22(14-24(19)16-32)29(37)34-26-17-33-28-27(20(26)2)25(18-35(28)5)23-12-13-36(31(3,4)15-23)30(38)21-8-6-7-9-21/h10-11,14,17-18,21,23H,6-9,12-13,15H2,1-5H3,(H,34,37). The van der Waals surface area contributed by atoms with Crippen molar-refractivity contribution in [3.8, 4) is 6.07 Å². The number of hydrogen-bond donors (Lipinski definition) is 1. The molecule has 38 heavy (non-hydrogen) atoms. The fourth-order valence-corrected chi connectivity index (χ4v) is 6.52. The highest BCUT2D eigenvalue weighted by Crippen LogP contribution is 2.43. The number of anilines is 1. The van der Waals surface area contributed by atoms with Crippen molar-refractivity contribution in [3.05, 3.63) is 58.4 Å². The van der Waals surface area contributed by atoms with Crippen molar-refractivity contribution < 1.29 is 9.59 Å². The Bertz CT molecular complexity index is 1460. The van der Waals surface area contributed by atoms with Crippen LogP contribution >= 0.6 is 0 Å². The fourth-order valence-electron chi connectivity index (χ4n) is 6.52. The third kappa shape index (κ3) is 4.57. The number of aryl methyl sites for hydroxylation is 3. The van der Waals surface area contributed by atoms with Crippen LogP contribution in [0.3, 0.4) is 0 Å². The van der Waals surface area contributed by atoms with Gasteiger partial charge in [0.25, 0.3) is 5.91 Å². The first-order valence-electron chi connectivity index (χ1n) is 13.7. The molecule has 2 fully saturated rings. The zero-order valence-electron chi connectivity index (χ0n) is 23.1. The van der Waals surface area contributed by atoms with Gasteiger partial charge in [-0.1, -0.05) is 18.9 Å². The van der Waals surface area contributed by atoms with Gasteiger partial charge in [0.1, 0.15) is 5.65 Å². The molecule has 1 aliphatic heterocycles. The molecule has 0 bridgehead atoms. The Morgan fingerprint density at radius 2 is 1.89 bits per heavy atom. The van der Waals surface area contributed by atoms with Gasteiger partial charge in [-0.25, -0.2) is 4.98 Å². The lowest BCUT2D eigenvalue weighted by Crippen LogP contribution is -2.53. The molecule has 7 nitrogen and oxygen atoms in total. The quantitative estimate of drug-likeness (QED) is 0.466. The number of fused-ring (bicyclic) bond motifs is 1. The molecule has 1 aliphatic carbocycles. The summed E-state index contributed by atoms with van der Waals surface area (Å²) in [5, 5.41) is 13.5. The average Bonchev–Trinajstić information content (AvgIpc) is 3.54. The van der Waals surface area contributed by atoms with Gasteiger partial charge in [-0.3, -0.25) is 9.59 Å². The van der Waals surface area contributed by atoms with Gasteiger partial charge in [-0.15, -0.1) is 0 Å². The van der Waals surface area contributed by atoms with Crippen molar-refractivity contribution in [1.82, 2.24) is 14.5 Å². The molecule has 5 rings (SSSR count). The van der Waals surface area contributed by atoms with Gasteiger partial charge >= 0.3 is 0 Å². The van der Waals surface area contributed by atoms with E-state index in [4.69, 9.17) is 4.98 Å². The second kappa shape index (κ2) is 9.90. The number of pyridine rings is 1. The monoisotopic (exact) mass is 511 g/mol. The van der Waals surface area contributed by atoms with Gasteiger partial charge in [0.05, 0.1) is 23.5 Å². The van der Waals surface area contributed by atoms with Crippen LogP contribution < -0.4 is 5.32 Å². The minimum atomic E-state index is -0.261. The van der Waals surface area contributed by atoms with E-state index in [1.807, 2.05) is 20.9 Å². The Morgan fingerprint density at radius 3 is 2.58 bits per heavy atom. The van der Waals surface area contributed by atoms with Crippen molar-refractivity contribution >= 4 is 28.5 Å². The second-order valence-electron chi connectivity index (χ2n) is 11.8. The van der Waals surface area contributed by atoms with E-state index in [1.54, 1.807) is 24.4 Å². The highest BCUT2D eigenvalue weighted by Gasteiger charge is 2.41.